The van der Waals surface area contributed by atoms with Crippen LogP contribution >= 0.6 is 11.3 Å². The fourth-order valence-electron chi connectivity index (χ4n) is 2.75. The Morgan fingerprint density at radius 1 is 1.08 bits per heavy atom. The normalized spacial score (nSPS) is 13.8. The lowest BCUT2D eigenvalue weighted by atomic mass is 10.2. The van der Waals surface area contributed by atoms with Crippen molar-refractivity contribution in [3.05, 3.63) is 52.5 Å². The smallest absolute Gasteiger partial charge is 0.295 e. The highest BCUT2D eigenvalue weighted by Gasteiger charge is 2.23. The molecule has 1 aliphatic heterocycles. The number of aromatic nitrogens is 4. The Kier molecular flexibility index (Phi) is 4.44. The number of nitrogens with zero attached hydrogens (tertiary/aromatic N) is 5. The minimum atomic E-state index is -0.187. The maximum absolute atomic E-state index is 12.3. The number of nitrogens with one attached hydrogen (secondary N) is 1. The second-order valence-corrected chi connectivity index (χ2v) is 6.69. The van der Waals surface area contributed by atoms with E-state index in [-0.39, 0.29) is 17.6 Å². The number of carbonyl (C=O) groups is 2. The van der Waals surface area contributed by atoms with E-state index in [2.05, 4.69) is 20.7 Å². The van der Waals surface area contributed by atoms with E-state index in [0.29, 0.717) is 16.9 Å². The van der Waals surface area contributed by atoms with Crippen LogP contribution in [-0.4, -0.2) is 50.0 Å². The molecule has 0 spiro atoms. The van der Waals surface area contributed by atoms with Crippen LogP contribution in [0.15, 0.2) is 41.1 Å². The van der Waals surface area contributed by atoms with Crippen LogP contribution in [0.1, 0.15) is 33.8 Å². The van der Waals surface area contributed by atoms with Gasteiger partial charge >= 0.3 is 0 Å². The van der Waals surface area contributed by atoms with Crippen LogP contribution in [0.2, 0.25) is 0 Å². The van der Waals surface area contributed by atoms with Gasteiger partial charge in [0.2, 0.25) is 0 Å². The summed E-state index contributed by atoms with van der Waals surface area (Å²) in [7, 11) is 0. The summed E-state index contributed by atoms with van der Waals surface area (Å²) in [5.74, 6) is -0.244. The summed E-state index contributed by atoms with van der Waals surface area (Å²) in [4.78, 5) is 27.4. The van der Waals surface area contributed by atoms with E-state index >= 15 is 0 Å². The van der Waals surface area contributed by atoms with E-state index in [1.54, 1.807) is 40.6 Å². The zero-order chi connectivity index (χ0) is 17.9. The molecule has 26 heavy (non-hydrogen) atoms. The van der Waals surface area contributed by atoms with E-state index in [1.807, 2.05) is 5.38 Å². The number of likely N-dealkylation sites (tertiary alicyclic amines) is 1. The topological polar surface area (TPSA) is 93.0 Å². The number of tetrazole rings is 1. The molecular weight excluding hydrogens is 352 g/mol. The molecule has 8 nitrogen and oxygen atoms in total. The first-order valence-electron chi connectivity index (χ1n) is 8.24. The van der Waals surface area contributed by atoms with E-state index in [0.717, 1.165) is 25.9 Å². The van der Waals surface area contributed by atoms with Gasteiger partial charge < -0.3 is 10.2 Å². The van der Waals surface area contributed by atoms with Gasteiger partial charge in [0.15, 0.2) is 0 Å². The standard InChI is InChI=1S/C17H16N6O2S/c24-16(12-7-10-26-11-12)18-13-3-5-14(6-4-13)23-20-15(19-21-23)17(25)22-8-1-2-9-22/h3-7,10-11H,1-2,8-9H2,(H,18,24). The van der Waals surface area contributed by atoms with E-state index in [9.17, 15) is 9.59 Å². The van der Waals surface area contributed by atoms with Crippen LogP contribution in [0.3, 0.4) is 0 Å². The Morgan fingerprint density at radius 3 is 2.54 bits per heavy atom. The molecule has 1 fully saturated rings. The number of thiophene rings is 1. The second-order valence-electron chi connectivity index (χ2n) is 5.91. The van der Waals surface area contributed by atoms with Gasteiger partial charge in [0.05, 0.1) is 11.3 Å². The molecule has 1 saturated heterocycles. The molecule has 1 aliphatic rings. The van der Waals surface area contributed by atoms with Crippen LogP contribution in [0.5, 0.6) is 0 Å². The highest BCUT2D eigenvalue weighted by atomic mass is 32.1. The summed E-state index contributed by atoms with van der Waals surface area (Å²) in [5.41, 5.74) is 1.95. The molecule has 0 radical (unpaired) electrons. The van der Waals surface area contributed by atoms with Crippen molar-refractivity contribution in [1.82, 2.24) is 25.1 Å². The third kappa shape index (κ3) is 3.33. The quantitative estimate of drug-likeness (QED) is 0.762. The maximum Gasteiger partial charge on any atom is 0.295 e. The van der Waals surface area contributed by atoms with Crippen molar-refractivity contribution >= 4 is 28.8 Å². The van der Waals surface area contributed by atoms with Gasteiger partial charge in [-0.3, -0.25) is 9.59 Å². The number of hydrogen-bond acceptors (Lipinski definition) is 6. The monoisotopic (exact) mass is 368 g/mol. The molecule has 0 unspecified atom stereocenters. The minimum absolute atomic E-state index is 0.0988. The summed E-state index contributed by atoms with van der Waals surface area (Å²) in [6, 6.07) is 8.80. The van der Waals surface area contributed by atoms with Crippen LogP contribution in [0, 0.1) is 0 Å². The molecule has 0 bridgehead atoms. The van der Waals surface area contributed by atoms with Gasteiger partial charge in [-0.1, -0.05) is 0 Å². The van der Waals surface area contributed by atoms with Crippen LogP contribution in [-0.2, 0) is 0 Å². The molecule has 0 aliphatic carbocycles. The molecule has 2 amide bonds. The van der Waals surface area contributed by atoms with E-state index in [1.165, 1.54) is 16.1 Å². The average Bonchev–Trinajstić information content (AvgIpc) is 3.44. The first kappa shape index (κ1) is 16.4. The lowest BCUT2D eigenvalue weighted by Crippen LogP contribution is -2.28. The van der Waals surface area contributed by atoms with Crippen molar-refractivity contribution in [2.45, 2.75) is 12.8 Å². The first-order valence-corrected chi connectivity index (χ1v) is 9.18. The Balaban J connectivity index is 1.45. The van der Waals surface area contributed by atoms with Crippen LogP contribution in [0.25, 0.3) is 5.69 Å². The van der Waals surface area contributed by atoms with E-state index < -0.39 is 0 Å². The predicted molar refractivity (Wildman–Crippen MR) is 96.6 cm³/mol. The molecular formula is C17H16N6O2S. The number of hydrogen-bond donors (Lipinski definition) is 1. The highest BCUT2D eigenvalue weighted by molar-refractivity contribution is 7.08. The van der Waals surface area contributed by atoms with Gasteiger partial charge in [-0.05, 0) is 53.8 Å². The molecule has 132 valence electrons. The van der Waals surface area contributed by atoms with Crippen molar-refractivity contribution in [2.75, 3.05) is 18.4 Å². The van der Waals surface area contributed by atoms with Crippen molar-refractivity contribution in [2.24, 2.45) is 0 Å². The molecule has 3 aromatic rings. The number of carbonyl (C=O) groups excluding carboxylic acids is 2. The van der Waals surface area contributed by atoms with Gasteiger partial charge in [-0.2, -0.15) is 11.3 Å². The predicted octanol–water partition coefficient (Wildman–Crippen LogP) is 2.21. The van der Waals surface area contributed by atoms with Gasteiger partial charge in [-0.25, -0.2) is 0 Å². The third-order valence-corrected chi connectivity index (χ3v) is 4.82. The summed E-state index contributed by atoms with van der Waals surface area (Å²) < 4.78 is 0. The number of anilines is 1. The van der Waals surface area contributed by atoms with Gasteiger partial charge in [0.1, 0.15) is 0 Å². The Morgan fingerprint density at radius 2 is 1.85 bits per heavy atom. The Hall–Kier alpha value is -3.07. The summed E-state index contributed by atoms with van der Waals surface area (Å²) in [6.45, 7) is 1.48. The Labute approximate surface area is 153 Å². The minimum Gasteiger partial charge on any atom is -0.336 e. The molecule has 2 aromatic heterocycles. The largest absolute Gasteiger partial charge is 0.336 e. The molecule has 1 N–H and O–H groups in total. The van der Waals surface area contributed by atoms with Gasteiger partial charge in [0, 0.05) is 24.2 Å². The fourth-order valence-corrected chi connectivity index (χ4v) is 3.38. The van der Waals surface area contributed by atoms with Crippen molar-refractivity contribution in [3.8, 4) is 5.69 Å². The van der Waals surface area contributed by atoms with Crippen molar-refractivity contribution in [3.63, 3.8) is 0 Å². The molecule has 0 saturated carbocycles. The molecule has 4 rings (SSSR count). The third-order valence-electron chi connectivity index (χ3n) is 4.14. The molecule has 9 heteroatoms. The maximum atomic E-state index is 12.3. The molecule has 3 heterocycles. The first-order chi connectivity index (χ1) is 12.7. The Bertz CT molecular complexity index is 913. The SMILES string of the molecule is O=C(Nc1ccc(-n2nnc(C(=O)N3CCCC3)n2)cc1)c1ccsc1. The number of benzene rings is 1. The fraction of sp³-hybridized carbons (Fsp3) is 0.235. The van der Waals surface area contributed by atoms with Gasteiger partial charge in [0.25, 0.3) is 17.6 Å². The lowest BCUT2D eigenvalue weighted by Gasteiger charge is -2.11. The van der Waals surface area contributed by atoms with Crippen molar-refractivity contribution in [1.29, 1.82) is 0 Å². The van der Waals surface area contributed by atoms with Crippen LogP contribution in [0.4, 0.5) is 5.69 Å². The molecule has 1 aromatic carbocycles. The van der Waals surface area contributed by atoms with E-state index in [4.69, 9.17) is 0 Å². The average molecular weight is 368 g/mol. The van der Waals surface area contributed by atoms with Crippen molar-refractivity contribution < 1.29 is 9.59 Å². The molecule has 0 atom stereocenters. The summed E-state index contributed by atoms with van der Waals surface area (Å²) in [5, 5.41) is 18.5. The number of rotatable bonds is 4. The lowest BCUT2D eigenvalue weighted by molar-refractivity contribution is 0.0780. The van der Waals surface area contributed by atoms with Gasteiger partial charge in [-0.15, -0.1) is 15.0 Å². The van der Waals surface area contributed by atoms with Crippen LogP contribution < -0.4 is 5.32 Å². The summed E-state index contributed by atoms with van der Waals surface area (Å²) >= 11 is 1.47. The highest BCUT2D eigenvalue weighted by Crippen LogP contribution is 2.15. The zero-order valence-corrected chi connectivity index (χ0v) is 14.6. The number of amides is 2. The second kappa shape index (κ2) is 7.04. The summed E-state index contributed by atoms with van der Waals surface area (Å²) in [6.07, 6.45) is 2.02. The zero-order valence-electron chi connectivity index (χ0n) is 13.8.